The molecule has 0 bridgehead atoms. The monoisotopic (exact) mass is 234 g/mol. The number of carbonyl (C=O) groups excluding carboxylic acids is 1. The molecule has 0 saturated heterocycles. The zero-order chi connectivity index (χ0) is 12.4. The van der Waals surface area contributed by atoms with Crippen LogP contribution in [-0.2, 0) is 18.9 Å². The third kappa shape index (κ3) is 2.51. The van der Waals surface area contributed by atoms with Crippen LogP contribution in [0.4, 0.5) is 5.69 Å². The Hall–Kier alpha value is -2.15. The van der Waals surface area contributed by atoms with E-state index in [-0.39, 0.29) is 5.91 Å². The van der Waals surface area contributed by atoms with Gasteiger partial charge in [-0.25, -0.2) is 0 Å². The van der Waals surface area contributed by atoms with Gasteiger partial charge >= 0.3 is 0 Å². The Morgan fingerprint density at radius 1 is 1.29 bits per heavy atom. The Balaban J connectivity index is 2.05. The van der Waals surface area contributed by atoms with Crippen LogP contribution in [0.2, 0.25) is 0 Å². The molecule has 1 amide bonds. The molecule has 3 N–H and O–H groups in total. The smallest absolute Gasteiger partial charge is 0.246 e. The summed E-state index contributed by atoms with van der Waals surface area (Å²) in [7, 11) is 3.55. The Morgan fingerprint density at radius 3 is 2.47 bits per heavy atom. The first-order valence-corrected chi connectivity index (χ1v) is 5.10. The summed E-state index contributed by atoms with van der Waals surface area (Å²) < 4.78 is 3.21. The lowest BCUT2D eigenvalue weighted by Gasteiger charge is -2.08. The molecule has 2 rings (SSSR count). The number of rotatable bonds is 3. The van der Waals surface area contributed by atoms with Gasteiger partial charge in [0.05, 0.1) is 18.1 Å². The lowest BCUT2D eigenvalue weighted by atomic mass is 10.1. The summed E-state index contributed by atoms with van der Waals surface area (Å²) in [5.41, 5.74) is 7.11. The van der Waals surface area contributed by atoms with E-state index in [9.17, 15) is 4.79 Å². The van der Waals surface area contributed by atoms with Crippen LogP contribution in [0, 0.1) is 0 Å². The summed E-state index contributed by atoms with van der Waals surface area (Å²) in [6.45, 7) is 0. The molecule has 0 radical (unpaired) electrons. The highest BCUT2D eigenvalue weighted by molar-refractivity contribution is 5.95. The molecule has 0 saturated carbocycles. The minimum Gasteiger partial charge on any atom is -0.322 e. The molecule has 0 fully saturated rings. The highest BCUT2D eigenvalue weighted by Crippen LogP contribution is 2.12. The number of anilines is 1. The topological polar surface area (TPSA) is 90.8 Å². The molecule has 0 spiro atoms. The number of aromatic nitrogens is 4. The van der Waals surface area contributed by atoms with Crippen LogP contribution in [0.25, 0.3) is 0 Å². The largest absolute Gasteiger partial charge is 0.322 e. The van der Waals surface area contributed by atoms with E-state index in [0.717, 1.165) is 0 Å². The first-order chi connectivity index (χ1) is 8.06. The maximum atomic E-state index is 11.8. The van der Waals surface area contributed by atoms with Gasteiger partial charge in [0.25, 0.3) is 0 Å². The molecule has 1 unspecified atom stereocenters. The van der Waals surface area contributed by atoms with Crippen molar-refractivity contribution in [1.29, 1.82) is 0 Å². The first-order valence-electron chi connectivity index (χ1n) is 5.10. The van der Waals surface area contributed by atoms with Gasteiger partial charge < -0.3 is 11.1 Å². The van der Waals surface area contributed by atoms with E-state index < -0.39 is 6.04 Å². The van der Waals surface area contributed by atoms with Crippen molar-refractivity contribution in [2.45, 2.75) is 6.04 Å². The maximum absolute atomic E-state index is 11.8. The minimum atomic E-state index is -0.732. The third-order valence-corrected chi connectivity index (χ3v) is 2.34. The van der Waals surface area contributed by atoms with Crippen molar-refractivity contribution in [3.8, 4) is 0 Å². The Bertz CT molecular complexity index is 528. The van der Waals surface area contributed by atoms with E-state index in [4.69, 9.17) is 5.73 Å². The van der Waals surface area contributed by atoms with E-state index in [0.29, 0.717) is 11.3 Å². The van der Waals surface area contributed by atoms with Gasteiger partial charge in [-0.3, -0.25) is 14.2 Å². The molecule has 7 heteroatoms. The fourth-order valence-electron chi connectivity index (χ4n) is 1.46. The number of carbonyl (C=O) groups is 1. The van der Waals surface area contributed by atoms with E-state index >= 15 is 0 Å². The van der Waals surface area contributed by atoms with Gasteiger partial charge in [-0.15, -0.1) is 0 Å². The SMILES string of the molecule is Cn1cc(NC(=O)C(N)c2cnn(C)c2)cn1. The van der Waals surface area contributed by atoms with Gasteiger partial charge in [0.15, 0.2) is 0 Å². The average Bonchev–Trinajstić information content (AvgIpc) is 2.87. The second-order valence-electron chi connectivity index (χ2n) is 3.82. The van der Waals surface area contributed by atoms with Crippen molar-refractivity contribution in [2.75, 3.05) is 5.32 Å². The van der Waals surface area contributed by atoms with Crippen LogP contribution in [-0.4, -0.2) is 25.5 Å². The quantitative estimate of drug-likeness (QED) is 0.769. The van der Waals surface area contributed by atoms with Crippen LogP contribution in [0.5, 0.6) is 0 Å². The molecule has 0 aliphatic rings. The lowest BCUT2D eigenvalue weighted by molar-refractivity contribution is -0.117. The molecule has 2 aromatic rings. The fraction of sp³-hybridized carbons (Fsp3) is 0.300. The zero-order valence-electron chi connectivity index (χ0n) is 9.66. The fourth-order valence-corrected chi connectivity index (χ4v) is 1.46. The third-order valence-electron chi connectivity index (χ3n) is 2.34. The molecule has 0 aliphatic heterocycles. The number of aryl methyl sites for hydroxylation is 2. The van der Waals surface area contributed by atoms with Crippen molar-refractivity contribution in [1.82, 2.24) is 19.6 Å². The van der Waals surface area contributed by atoms with Crippen molar-refractivity contribution in [2.24, 2.45) is 19.8 Å². The highest BCUT2D eigenvalue weighted by atomic mass is 16.2. The molecule has 0 aliphatic carbocycles. The van der Waals surface area contributed by atoms with Gasteiger partial charge in [0, 0.05) is 32.1 Å². The van der Waals surface area contributed by atoms with Crippen molar-refractivity contribution in [3.05, 3.63) is 30.4 Å². The number of nitrogens with zero attached hydrogens (tertiary/aromatic N) is 4. The van der Waals surface area contributed by atoms with Gasteiger partial charge in [-0.1, -0.05) is 0 Å². The van der Waals surface area contributed by atoms with Crippen molar-refractivity contribution < 1.29 is 4.79 Å². The van der Waals surface area contributed by atoms with Crippen LogP contribution in [0.1, 0.15) is 11.6 Å². The van der Waals surface area contributed by atoms with Gasteiger partial charge in [0.2, 0.25) is 5.91 Å². The van der Waals surface area contributed by atoms with Crippen LogP contribution in [0.3, 0.4) is 0 Å². The van der Waals surface area contributed by atoms with Gasteiger partial charge in [0.1, 0.15) is 6.04 Å². The summed E-state index contributed by atoms with van der Waals surface area (Å²) in [6, 6.07) is -0.732. The second-order valence-corrected chi connectivity index (χ2v) is 3.82. The predicted molar refractivity (Wildman–Crippen MR) is 62.0 cm³/mol. The molecule has 1 atom stereocenters. The van der Waals surface area contributed by atoms with E-state index in [1.54, 1.807) is 48.2 Å². The Morgan fingerprint density at radius 2 is 1.94 bits per heavy atom. The minimum absolute atomic E-state index is 0.286. The zero-order valence-corrected chi connectivity index (χ0v) is 9.66. The summed E-state index contributed by atoms with van der Waals surface area (Å²) in [6.07, 6.45) is 6.56. The lowest BCUT2D eigenvalue weighted by Crippen LogP contribution is -2.27. The van der Waals surface area contributed by atoms with Gasteiger partial charge in [-0.05, 0) is 0 Å². The summed E-state index contributed by atoms with van der Waals surface area (Å²) in [5.74, 6) is -0.286. The summed E-state index contributed by atoms with van der Waals surface area (Å²) in [4.78, 5) is 11.8. The summed E-state index contributed by atoms with van der Waals surface area (Å²) >= 11 is 0. The summed E-state index contributed by atoms with van der Waals surface area (Å²) in [5, 5.41) is 10.6. The number of nitrogens with one attached hydrogen (secondary N) is 1. The number of hydrogen-bond acceptors (Lipinski definition) is 4. The van der Waals surface area contributed by atoms with Crippen molar-refractivity contribution >= 4 is 11.6 Å². The molecule has 7 nitrogen and oxygen atoms in total. The van der Waals surface area contributed by atoms with Crippen LogP contribution >= 0.6 is 0 Å². The van der Waals surface area contributed by atoms with Gasteiger partial charge in [-0.2, -0.15) is 10.2 Å². The van der Waals surface area contributed by atoms with Crippen molar-refractivity contribution in [3.63, 3.8) is 0 Å². The first kappa shape index (κ1) is 11.3. The predicted octanol–water partition coefficient (Wildman–Crippen LogP) is -0.208. The Labute approximate surface area is 98.2 Å². The molecule has 90 valence electrons. The van der Waals surface area contributed by atoms with E-state index in [1.807, 2.05) is 0 Å². The molecule has 17 heavy (non-hydrogen) atoms. The number of nitrogens with two attached hydrogens (primary N) is 1. The maximum Gasteiger partial charge on any atom is 0.246 e. The highest BCUT2D eigenvalue weighted by Gasteiger charge is 2.17. The molecule has 2 heterocycles. The van der Waals surface area contributed by atoms with E-state index in [2.05, 4.69) is 15.5 Å². The Kier molecular flexibility index (Phi) is 2.92. The van der Waals surface area contributed by atoms with E-state index in [1.165, 1.54) is 0 Å². The molecular formula is C10H14N6O. The van der Waals surface area contributed by atoms with Crippen LogP contribution < -0.4 is 11.1 Å². The number of amides is 1. The molecule has 2 aromatic heterocycles. The normalized spacial score (nSPS) is 12.4. The number of hydrogen-bond donors (Lipinski definition) is 2. The molecule has 0 aromatic carbocycles. The molecular weight excluding hydrogens is 220 g/mol. The standard InChI is InChI=1S/C10H14N6O/c1-15-5-7(3-12-15)9(11)10(17)14-8-4-13-16(2)6-8/h3-6,9H,11H2,1-2H3,(H,14,17). The average molecular weight is 234 g/mol. The van der Waals surface area contributed by atoms with Crippen LogP contribution in [0.15, 0.2) is 24.8 Å². The second kappa shape index (κ2) is 4.38.